The molecule has 0 aliphatic heterocycles. The van der Waals surface area contributed by atoms with Crippen molar-refractivity contribution in [3.8, 4) is 17.3 Å². The minimum atomic E-state index is -1.10. The smallest absolute Gasteiger partial charge is 0.359 e. The number of fused-ring (bicyclic) bond motifs is 2. The topological polar surface area (TPSA) is 134 Å². The Bertz CT molecular complexity index is 1980. The Morgan fingerprint density at radius 2 is 1.36 bits per heavy atom. The molecule has 14 heteroatoms. The van der Waals surface area contributed by atoms with Gasteiger partial charge in [0, 0.05) is 33.5 Å². The molecule has 6 aromatic rings. The first-order valence-corrected chi connectivity index (χ1v) is 14.0. The van der Waals surface area contributed by atoms with E-state index in [1.54, 1.807) is 21.5 Å². The van der Waals surface area contributed by atoms with Crippen LogP contribution in [0.1, 0.15) is 21.0 Å². The van der Waals surface area contributed by atoms with E-state index in [1.165, 1.54) is 26.6 Å². The van der Waals surface area contributed by atoms with Crippen molar-refractivity contribution < 1.29 is 24.2 Å². The number of carbonyl (C=O) groups is 2. The van der Waals surface area contributed by atoms with Gasteiger partial charge in [0.2, 0.25) is 5.88 Å². The molecule has 0 bridgehead atoms. The predicted octanol–water partition coefficient (Wildman–Crippen LogP) is 6.51. The van der Waals surface area contributed by atoms with Gasteiger partial charge in [-0.3, -0.25) is 0 Å². The minimum Gasteiger partial charge on any atom is -0.481 e. The van der Waals surface area contributed by atoms with Crippen molar-refractivity contribution in [3.05, 3.63) is 98.5 Å². The Kier molecular flexibility index (Phi) is 8.52. The second kappa shape index (κ2) is 12.3. The Hall–Kier alpha value is -4.33. The number of carbonyl (C=O) groups excluding carboxylic acids is 1. The average Bonchev–Trinajstić information content (AvgIpc) is 3.55. The molecule has 2 aromatic carbocycles. The third kappa shape index (κ3) is 5.84. The number of benzene rings is 2. The molecule has 0 aliphatic rings. The number of nitrogens with zero attached hydrogens (tertiary/aromatic N) is 6. The normalized spacial score (nSPS) is 10.8. The van der Waals surface area contributed by atoms with Crippen molar-refractivity contribution in [1.29, 1.82) is 0 Å². The Morgan fingerprint density at radius 1 is 0.810 bits per heavy atom. The van der Waals surface area contributed by atoms with Crippen LogP contribution >= 0.6 is 43.5 Å². The number of rotatable bonds is 5. The fraction of sp³-hybridized carbons (Fsp3) is 0.0714. The molecule has 0 fully saturated rings. The van der Waals surface area contributed by atoms with E-state index in [0.29, 0.717) is 32.8 Å². The molecule has 0 aliphatic carbocycles. The molecular formula is C28H19Br2ClN6O5. The van der Waals surface area contributed by atoms with Gasteiger partial charge >= 0.3 is 11.9 Å². The molecule has 0 unspecified atom stereocenters. The highest BCUT2D eigenvalue weighted by atomic mass is 79.9. The standard InChI is InChI=1S/C14H9BrClN3O2.C14H10BrN3O3/c1-21-14(20)13-10-7-17-12(16)6-11(10)19(18-13)9-4-2-3-8(15)5-9;1-21-12-6-11-10(7-16-12)13(14(19)20)17-18(11)9-4-2-3-8(15)5-9/h2-7H,1H3;2-7H,1H3,(H,19,20). The van der Waals surface area contributed by atoms with Crippen LogP contribution in [0.15, 0.2) is 82.0 Å². The first-order chi connectivity index (χ1) is 20.2. The zero-order chi connectivity index (χ0) is 30.0. The highest BCUT2D eigenvalue weighted by Crippen LogP contribution is 2.27. The van der Waals surface area contributed by atoms with Gasteiger partial charge < -0.3 is 14.6 Å². The third-order valence-corrected chi connectivity index (χ3v) is 7.16. The zero-order valence-corrected chi connectivity index (χ0v) is 25.8. The lowest BCUT2D eigenvalue weighted by Gasteiger charge is -2.04. The van der Waals surface area contributed by atoms with E-state index in [2.05, 4.69) is 52.0 Å². The van der Waals surface area contributed by atoms with Crippen molar-refractivity contribution in [2.45, 2.75) is 0 Å². The SMILES string of the molecule is COC(=O)c1nn(-c2cccc(Br)c2)c2cc(Cl)ncc12.COc1cc2c(cn1)c(C(=O)O)nn2-c1cccc(Br)c1. The molecule has 1 N–H and O–H groups in total. The van der Waals surface area contributed by atoms with Crippen LogP contribution in [0.3, 0.4) is 0 Å². The summed E-state index contributed by atoms with van der Waals surface area (Å²) in [6, 6.07) is 18.3. The lowest BCUT2D eigenvalue weighted by atomic mass is 10.2. The van der Waals surface area contributed by atoms with Crippen LogP contribution < -0.4 is 4.74 Å². The van der Waals surface area contributed by atoms with E-state index in [9.17, 15) is 14.7 Å². The van der Waals surface area contributed by atoms with Crippen molar-refractivity contribution in [2.24, 2.45) is 0 Å². The molecule has 0 radical (unpaired) electrons. The van der Waals surface area contributed by atoms with Crippen LogP contribution in [0.25, 0.3) is 33.2 Å². The minimum absolute atomic E-state index is 0.0415. The number of halogens is 3. The number of carboxylic acids is 1. The van der Waals surface area contributed by atoms with Crippen LogP contribution in [-0.4, -0.2) is 60.8 Å². The molecule has 4 aromatic heterocycles. The average molecular weight is 715 g/mol. The van der Waals surface area contributed by atoms with Crippen LogP contribution in [-0.2, 0) is 4.74 Å². The first kappa shape index (κ1) is 29.2. The lowest BCUT2D eigenvalue weighted by Crippen LogP contribution is -2.04. The molecular weight excluding hydrogens is 696 g/mol. The van der Waals surface area contributed by atoms with Gasteiger partial charge in [-0.25, -0.2) is 28.9 Å². The van der Waals surface area contributed by atoms with Crippen molar-refractivity contribution in [2.75, 3.05) is 14.2 Å². The van der Waals surface area contributed by atoms with Crippen molar-refractivity contribution >= 4 is 77.2 Å². The van der Waals surface area contributed by atoms with Gasteiger partial charge in [-0.2, -0.15) is 10.2 Å². The number of pyridine rings is 2. The summed E-state index contributed by atoms with van der Waals surface area (Å²) in [4.78, 5) is 31.2. The zero-order valence-electron chi connectivity index (χ0n) is 21.8. The molecule has 0 amide bonds. The van der Waals surface area contributed by atoms with Gasteiger partial charge in [0.25, 0.3) is 0 Å². The second-order valence-electron chi connectivity index (χ2n) is 8.55. The summed E-state index contributed by atoms with van der Waals surface area (Å²) in [5.74, 6) is -1.21. The number of hydrogen-bond acceptors (Lipinski definition) is 8. The molecule has 42 heavy (non-hydrogen) atoms. The van der Waals surface area contributed by atoms with Crippen LogP contribution in [0, 0.1) is 0 Å². The summed E-state index contributed by atoms with van der Waals surface area (Å²) in [5.41, 5.74) is 3.02. The molecule has 4 heterocycles. The van der Waals surface area contributed by atoms with Gasteiger partial charge in [-0.1, -0.05) is 55.6 Å². The van der Waals surface area contributed by atoms with Gasteiger partial charge in [0.15, 0.2) is 11.4 Å². The number of aromatic carboxylic acids is 1. The number of aromatic nitrogens is 6. The fourth-order valence-corrected chi connectivity index (χ4v) is 5.03. The lowest BCUT2D eigenvalue weighted by molar-refractivity contribution is 0.0594. The van der Waals surface area contributed by atoms with Gasteiger partial charge in [-0.15, -0.1) is 0 Å². The summed E-state index contributed by atoms with van der Waals surface area (Å²) in [6.07, 6.45) is 2.98. The van der Waals surface area contributed by atoms with Crippen molar-refractivity contribution in [1.82, 2.24) is 29.5 Å². The largest absolute Gasteiger partial charge is 0.481 e. The van der Waals surface area contributed by atoms with Crippen LogP contribution in [0.4, 0.5) is 0 Å². The van der Waals surface area contributed by atoms with Crippen LogP contribution in [0.5, 0.6) is 5.88 Å². The first-order valence-electron chi connectivity index (χ1n) is 12.0. The molecule has 6 rings (SSSR count). The van der Waals surface area contributed by atoms with E-state index in [1.807, 2.05) is 48.5 Å². The monoisotopic (exact) mass is 712 g/mol. The Labute approximate surface area is 259 Å². The maximum absolute atomic E-state index is 11.9. The van der Waals surface area contributed by atoms with Gasteiger partial charge in [0.05, 0.1) is 47.4 Å². The maximum Gasteiger partial charge on any atom is 0.359 e. The van der Waals surface area contributed by atoms with Crippen LogP contribution in [0.2, 0.25) is 5.15 Å². The van der Waals surface area contributed by atoms with E-state index in [4.69, 9.17) is 21.1 Å². The molecule has 212 valence electrons. The molecule has 0 saturated heterocycles. The summed E-state index contributed by atoms with van der Waals surface area (Å²) in [6.45, 7) is 0. The fourth-order valence-electron chi connectivity index (χ4n) is 4.10. The predicted molar refractivity (Wildman–Crippen MR) is 163 cm³/mol. The number of hydrogen-bond donors (Lipinski definition) is 1. The quantitative estimate of drug-likeness (QED) is 0.157. The number of ether oxygens (including phenoxy) is 2. The number of esters is 1. The van der Waals surface area contributed by atoms with E-state index in [0.717, 1.165) is 20.3 Å². The Morgan fingerprint density at radius 3 is 1.90 bits per heavy atom. The summed E-state index contributed by atoms with van der Waals surface area (Å²) in [7, 11) is 2.82. The Balaban J connectivity index is 0.000000168. The van der Waals surface area contributed by atoms with E-state index >= 15 is 0 Å². The van der Waals surface area contributed by atoms with Gasteiger partial charge in [-0.05, 0) is 36.4 Å². The second-order valence-corrected chi connectivity index (χ2v) is 10.8. The molecule has 0 atom stereocenters. The highest BCUT2D eigenvalue weighted by molar-refractivity contribution is 9.10. The third-order valence-electron chi connectivity index (χ3n) is 5.97. The number of methoxy groups -OCH3 is 2. The summed E-state index contributed by atoms with van der Waals surface area (Å²) >= 11 is 12.8. The summed E-state index contributed by atoms with van der Waals surface area (Å²) in [5, 5.41) is 19.2. The maximum atomic E-state index is 11.9. The van der Waals surface area contributed by atoms with Gasteiger partial charge in [0.1, 0.15) is 5.15 Å². The number of carboxylic acid groups (broad SMARTS) is 1. The van der Waals surface area contributed by atoms with E-state index in [-0.39, 0.29) is 11.4 Å². The van der Waals surface area contributed by atoms with E-state index < -0.39 is 11.9 Å². The molecule has 11 nitrogen and oxygen atoms in total. The van der Waals surface area contributed by atoms with Crippen molar-refractivity contribution in [3.63, 3.8) is 0 Å². The highest BCUT2D eigenvalue weighted by Gasteiger charge is 2.20. The molecule has 0 spiro atoms. The summed E-state index contributed by atoms with van der Waals surface area (Å²) < 4.78 is 14.8. The molecule has 0 saturated carbocycles.